The summed E-state index contributed by atoms with van der Waals surface area (Å²) in [5.41, 5.74) is 1.22. The second-order valence-electron chi connectivity index (χ2n) is 9.26. The largest absolute Gasteiger partial charge is 0.490 e. The summed E-state index contributed by atoms with van der Waals surface area (Å²) in [6.07, 6.45) is 2.42. The topological polar surface area (TPSA) is 110 Å². The third kappa shape index (κ3) is 7.12. The lowest BCUT2D eigenvalue weighted by Gasteiger charge is -2.27. The van der Waals surface area contributed by atoms with Crippen molar-refractivity contribution in [3.8, 4) is 0 Å². The zero-order valence-electron chi connectivity index (χ0n) is 21.0. The van der Waals surface area contributed by atoms with E-state index in [-0.39, 0.29) is 18.0 Å². The average molecular weight is 527 g/mol. The van der Waals surface area contributed by atoms with E-state index in [1.54, 1.807) is 19.0 Å². The molecule has 2 aromatic heterocycles. The summed E-state index contributed by atoms with van der Waals surface area (Å²) in [4.78, 5) is 45.1. The van der Waals surface area contributed by atoms with Crippen molar-refractivity contribution in [2.75, 3.05) is 46.8 Å². The number of imidazole rings is 1. The van der Waals surface area contributed by atoms with Gasteiger partial charge in [-0.05, 0) is 50.9 Å². The van der Waals surface area contributed by atoms with Crippen LogP contribution in [0.25, 0.3) is 5.52 Å². The number of carboxylic acid groups (broad SMARTS) is 1. The van der Waals surface area contributed by atoms with E-state index >= 15 is 0 Å². The number of rotatable bonds is 5. The Hall–Kier alpha value is -3.35. The molecule has 37 heavy (non-hydrogen) atoms. The second kappa shape index (κ2) is 12.3. The quantitative estimate of drug-likeness (QED) is 0.620. The van der Waals surface area contributed by atoms with E-state index in [0.717, 1.165) is 43.8 Å². The molecule has 4 rings (SSSR count). The minimum absolute atomic E-state index is 0.0160. The number of piperidine rings is 1. The third-order valence-corrected chi connectivity index (χ3v) is 6.37. The molecule has 0 aromatic carbocycles. The number of fused-ring (bicyclic) bond motifs is 1. The summed E-state index contributed by atoms with van der Waals surface area (Å²) >= 11 is 0. The number of nitrogens with zero attached hydrogens (tertiary/aromatic N) is 5. The highest BCUT2D eigenvalue weighted by molar-refractivity contribution is 5.99. The second-order valence-corrected chi connectivity index (χ2v) is 9.26. The lowest BCUT2D eigenvalue weighted by Crippen LogP contribution is -2.39. The molecule has 0 spiro atoms. The molecule has 2 aromatic rings. The van der Waals surface area contributed by atoms with Crippen molar-refractivity contribution in [2.24, 2.45) is 0 Å². The van der Waals surface area contributed by atoms with Crippen molar-refractivity contribution in [1.82, 2.24) is 29.4 Å². The summed E-state index contributed by atoms with van der Waals surface area (Å²) in [5.74, 6) is -2.14. The third-order valence-electron chi connectivity index (χ3n) is 6.37. The number of pyridine rings is 1. The maximum absolute atomic E-state index is 13.0. The summed E-state index contributed by atoms with van der Waals surface area (Å²) in [5, 5.41) is 10.2. The van der Waals surface area contributed by atoms with Gasteiger partial charge in [0.2, 0.25) is 0 Å². The molecule has 13 heteroatoms. The van der Waals surface area contributed by atoms with Crippen molar-refractivity contribution in [1.29, 1.82) is 0 Å². The van der Waals surface area contributed by atoms with Gasteiger partial charge in [-0.15, -0.1) is 0 Å². The number of aromatic nitrogens is 2. The van der Waals surface area contributed by atoms with Crippen LogP contribution >= 0.6 is 0 Å². The van der Waals surface area contributed by atoms with Gasteiger partial charge in [-0.1, -0.05) is 12.5 Å². The molecular formula is C24H33F3N6O4. The Bertz CT molecular complexity index is 1100. The average Bonchev–Trinajstić information content (AvgIpc) is 3.49. The Morgan fingerprint density at radius 1 is 1.11 bits per heavy atom. The molecule has 2 saturated heterocycles. The molecule has 4 heterocycles. The normalized spacial score (nSPS) is 18.3. The molecule has 0 bridgehead atoms. The van der Waals surface area contributed by atoms with Crippen LogP contribution in [0.4, 0.5) is 18.0 Å². The van der Waals surface area contributed by atoms with Gasteiger partial charge in [0.1, 0.15) is 5.82 Å². The fourth-order valence-electron chi connectivity index (χ4n) is 4.58. The SMILES string of the molecule is CN(C)C(=O)N1CCCC1c1nc(C(=O)NCCN2CCCCC2)c2ccccn12.O=C(O)C(F)(F)F. The number of likely N-dealkylation sites (tertiary alicyclic amines) is 2. The van der Waals surface area contributed by atoms with E-state index in [0.29, 0.717) is 18.8 Å². The highest BCUT2D eigenvalue weighted by Crippen LogP contribution is 2.33. The first-order chi connectivity index (χ1) is 17.5. The van der Waals surface area contributed by atoms with Crippen LogP contribution in [-0.2, 0) is 4.79 Å². The van der Waals surface area contributed by atoms with E-state index in [1.165, 1.54) is 19.3 Å². The lowest BCUT2D eigenvalue weighted by atomic mass is 10.1. The molecule has 0 aliphatic carbocycles. The fourth-order valence-corrected chi connectivity index (χ4v) is 4.58. The first-order valence-corrected chi connectivity index (χ1v) is 12.3. The van der Waals surface area contributed by atoms with E-state index in [1.807, 2.05) is 33.7 Å². The van der Waals surface area contributed by atoms with E-state index in [2.05, 4.69) is 10.2 Å². The molecule has 3 amide bonds. The Kier molecular flexibility index (Phi) is 9.35. The summed E-state index contributed by atoms with van der Waals surface area (Å²) < 4.78 is 33.7. The Labute approximate surface area is 213 Å². The first kappa shape index (κ1) is 28.2. The van der Waals surface area contributed by atoms with Crippen molar-refractivity contribution in [2.45, 2.75) is 44.3 Å². The number of alkyl halides is 3. The molecule has 2 N–H and O–H groups in total. The number of urea groups is 1. The van der Waals surface area contributed by atoms with Crippen LogP contribution in [0.3, 0.4) is 0 Å². The van der Waals surface area contributed by atoms with Gasteiger partial charge in [-0.25, -0.2) is 14.6 Å². The van der Waals surface area contributed by atoms with Crippen molar-refractivity contribution in [3.63, 3.8) is 0 Å². The number of carbonyl (C=O) groups excluding carboxylic acids is 2. The molecule has 0 saturated carbocycles. The van der Waals surface area contributed by atoms with Crippen LogP contribution in [0.2, 0.25) is 0 Å². The van der Waals surface area contributed by atoms with Gasteiger partial charge in [0.05, 0.1) is 11.6 Å². The highest BCUT2D eigenvalue weighted by Gasteiger charge is 2.38. The standard InChI is InChI=1S/C22H32N6O2.C2HF3O2/c1-25(2)22(30)28-15-8-10-18(28)20-24-19(17-9-4-7-14-27(17)20)21(29)23-11-16-26-12-5-3-6-13-26;3-2(4,5)1(6)7/h4,7,9,14,18H,3,5-6,8,10-13,15-16H2,1-2H3,(H,23,29);(H,6,7). The van der Waals surface area contributed by atoms with Gasteiger partial charge in [0, 0.05) is 39.9 Å². The van der Waals surface area contributed by atoms with Gasteiger partial charge in [-0.3, -0.25) is 4.79 Å². The van der Waals surface area contributed by atoms with Gasteiger partial charge >= 0.3 is 18.2 Å². The van der Waals surface area contributed by atoms with Gasteiger partial charge in [-0.2, -0.15) is 13.2 Å². The first-order valence-electron chi connectivity index (χ1n) is 12.3. The predicted molar refractivity (Wildman–Crippen MR) is 129 cm³/mol. The van der Waals surface area contributed by atoms with Crippen LogP contribution in [0.5, 0.6) is 0 Å². The summed E-state index contributed by atoms with van der Waals surface area (Å²) in [6.45, 7) is 4.43. The number of hydrogen-bond donors (Lipinski definition) is 2. The number of carboxylic acids is 1. The summed E-state index contributed by atoms with van der Waals surface area (Å²) in [6, 6.07) is 5.64. The zero-order valence-corrected chi connectivity index (χ0v) is 21.0. The molecular weight excluding hydrogens is 493 g/mol. The number of carbonyl (C=O) groups is 3. The van der Waals surface area contributed by atoms with Crippen molar-refractivity contribution >= 4 is 23.4 Å². The molecule has 0 radical (unpaired) electrons. The van der Waals surface area contributed by atoms with Gasteiger partial charge in [0.15, 0.2) is 5.69 Å². The number of amides is 3. The van der Waals surface area contributed by atoms with E-state index in [9.17, 15) is 22.8 Å². The number of nitrogens with one attached hydrogen (secondary N) is 1. The van der Waals surface area contributed by atoms with Gasteiger partial charge in [0.25, 0.3) is 5.91 Å². The lowest BCUT2D eigenvalue weighted by molar-refractivity contribution is -0.192. The van der Waals surface area contributed by atoms with E-state index < -0.39 is 12.1 Å². The molecule has 1 atom stereocenters. The number of hydrogen-bond acceptors (Lipinski definition) is 5. The fraction of sp³-hybridized carbons (Fsp3) is 0.583. The summed E-state index contributed by atoms with van der Waals surface area (Å²) in [7, 11) is 3.53. The van der Waals surface area contributed by atoms with Gasteiger partial charge < -0.3 is 29.5 Å². The minimum Gasteiger partial charge on any atom is -0.475 e. The Morgan fingerprint density at radius 2 is 1.78 bits per heavy atom. The van der Waals surface area contributed by atoms with Crippen LogP contribution in [0.1, 0.15) is 54.5 Å². The smallest absolute Gasteiger partial charge is 0.475 e. The number of aliphatic carboxylic acids is 1. The molecule has 2 aliphatic rings. The van der Waals surface area contributed by atoms with Crippen LogP contribution < -0.4 is 5.32 Å². The molecule has 1 unspecified atom stereocenters. The van der Waals surface area contributed by atoms with Crippen LogP contribution in [0, 0.1) is 0 Å². The van der Waals surface area contributed by atoms with Crippen molar-refractivity contribution < 1.29 is 32.7 Å². The molecule has 2 fully saturated rings. The maximum Gasteiger partial charge on any atom is 0.490 e. The Balaban J connectivity index is 0.000000479. The predicted octanol–water partition coefficient (Wildman–Crippen LogP) is 3.00. The Morgan fingerprint density at radius 3 is 2.41 bits per heavy atom. The number of halogens is 3. The molecule has 2 aliphatic heterocycles. The van der Waals surface area contributed by atoms with Crippen LogP contribution in [0.15, 0.2) is 24.4 Å². The molecule has 204 valence electrons. The maximum atomic E-state index is 13.0. The highest BCUT2D eigenvalue weighted by atomic mass is 19.4. The molecule has 10 nitrogen and oxygen atoms in total. The minimum atomic E-state index is -5.08. The monoisotopic (exact) mass is 526 g/mol. The van der Waals surface area contributed by atoms with Crippen molar-refractivity contribution in [3.05, 3.63) is 35.9 Å². The zero-order chi connectivity index (χ0) is 27.2. The van der Waals surface area contributed by atoms with E-state index in [4.69, 9.17) is 14.9 Å². The van der Waals surface area contributed by atoms with Crippen LogP contribution in [-0.4, -0.2) is 100 Å².